The van der Waals surface area contributed by atoms with E-state index in [2.05, 4.69) is 15.0 Å². The molecule has 0 unspecified atom stereocenters. The van der Waals surface area contributed by atoms with Gasteiger partial charge in [-0.2, -0.15) is 0 Å². The highest BCUT2D eigenvalue weighted by atomic mass is 32.1. The number of nitrogens with one attached hydrogen (secondary N) is 1. The molecule has 1 saturated heterocycles. The highest BCUT2D eigenvalue weighted by molar-refractivity contribution is 7.13. The zero-order chi connectivity index (χ0) is 23.7. The number of aliphatic hydroxyl groups is 4. The normalized spacial score (nSPS) is 25.2. The van der Waals surface area contributed by atoms with Gasteiger partial charge in [0, 0.05) is 39.8 Å². The summed E-state index contributed by atoms with van der Waals surface area (Å²) in [6, 6.07) is 15.0. The molecule has 3 heterocycles. The van der Waals surface area contributed by atoms with Crippen LogP contribution < -0.4 is 4.74 Å². The van der Waals surface area contributed by atoms with E-state index in [1.54, 1.807) is 18.3 Å². The third-order valence-corrected chi connectivity index (χ3v) is 6.43. The molecule has 0 spiro atoms. The number of rotatable bonds is 6. The Bertz CT molecular complexity index is 1290. The molecule has 0 aliphatic carbocycles. The number of nitrogens with zero attached hydrogens (tertiary/aromatic N) is 2. The average molecular weight is 482 g/mol. The van der Waals surface area contributed by atoms with E-state index in [0.29, 0.717) is 10.9 Å². The number of para-hydroxylation sites is 1. The lowest BCUT2D eigenvalue weighted by atomic mass is 9.99. The first-order valence-corrected chi connectivity index (χ1v) is 11.5. The number of hydrogen-bond acceptors (Lipinski definition) is 9. The number of ether oxygens (including phenoxy) is 2. The summed E-state index contributed by atoms with van der Waals surface area (Å²) in [6.45, 7) is -0.515. The van der Waals surface area contributed by atoms with Gasteiger partial charge in [0.2, 0.25) is 11.4 Å². The maximum atomic E-state index is 10.1. The number of benzene rings is 2. The summed E-state index contributed by atoms with van der Waals surface area (Å²) >= 11 is 1.43. The van der Waals surface area contributed by atoms with Crippen molar-refractivity contribution in [1.82, 2.24) is 9.97 Å². The molecule has 0 amide bonds. The Balaban J connectivity index is 1.26. The van der Waals surface area contributed by atoms with E-state index in [9.17, 15) is 20.4 Å². The summed E-state index contributed by atoms with van der Waals surface area (Å²) < 4.78 is 11.0. The molecule has 5 N–H and O–H groups in total. The molecule has 0 saturated carbocycles. The van der Waals surface area contributed by atoms with Crippen molar-refractivity contribution in [2.45, 2.75) is 30.7 Å². The van der Waals surface area contributed by atoms with Gasteiger partial charge in [-0.05, 0) is 30.3 Å². The van der Waals surface area contributed by atoms with Gasteiger partial charge >= 0.3 is 0 Å². The van der Waals surface area contributed by atoms with Gasteiger partial charge in [0.1, 0.15) is 30.2 Å². The second-order valence-corrected chi connectivity index (χ2v) is 8.74. The Morgan fingerprint density at radius 1 is 1.06 bits per heavy atom. The van der Waals surface area contributed by atoms with Crippen LogP contribution in [-0.4, -0.2) is 73.9 Å². The maximum absolute atomic E-state index is 10.1. The number of H-pyrrole nitrogens is 1. The Labute approximate surface area is 198 Å². The fourth-order valence-corrected chi connectivity index (χ4v) is 4.46. The second-order valence-electron chi connectivity index (χ2n) is 7.90. The Morgan fingerprint density at radius 3 is 2.65 bits per heavy atom. The van der Waals surface area contributed by atoms with Crippen molar-refractivity contribution >= 4 is 33.6 Å². The quantitative estimate of drug-likeness (QED) is 0.266. The first-order valence-electron chi connectivity index (χ1n) is 10.7. The number of aliphatic imine (C=N–C) groups is 1. The van der Waals surface area contributed by atoms with Crippen molar-refractivity contribution < 1.29 is 29.9 Å². The lowest BCUT2D eigenvalue weighted by Gasteiger charge is -2.39. The molecule has 2 aromatic carbocycles. The maximum Gasteiger partial charge on any atom is 0.229 e. The molecule has 5 rings (SSSR count). The molecule has 1 aliphatic heterocycles. The molecule has 4 aromatic rings. The largest absolute Gasteiger partial charge is 0.462 e. The van der Waals surface area contributed by atoms with Crippen molar-refractivity contribution in [2.75, 3.05) is 6.61 Å². The van der Waals surface area contributed by atoms with E-state index < -0.39 is 37.3 Å². The molecule has 176 valence electrons. The van der Waals surface area contributed by atoms with Crippen LogP contribution in [0.15, 0.2) is 65.1 Å². The fourth-order valence-electron chi connectivity index (χ4n) is 3.78. The van der Waals surface area contributed by atoms with Crippen molar-refractivity contribution in [3.63, 3.8) is 0 Å². The van der Waals surface area contributed by atoms with Gasteiger partial charge in [0.05, 0.1) is 12.3 Å². The van der Waals surface area contributed by atoms with E-state index in [0.717, 1.165) is 27.7 Å². The van der Waals surface area contributed by atoms with Gasteiger partial charge in [-0.3, -0.25) is 0 Å². The smallest absolute Gasteiger partial charge is 0.229 e. The van der Waals surface area contributed by atoms with Gasteiger partial charge in [-0.25, -0.2) is 9.98 Å². The van der Waals surface area contributed by atoms with Crippen LogP contribution in [0.25, 0.3) is 22.2 Å². The summed E-state index contributed by atoms with van der Waals surface area (Å²) in [5.74, 6) is 0.390. The monoisotopic (exact) mass is 481 g/mol. The van der Waals surface area contributed by atoms with Crippen molar-refractivity contribution in [3.8, 4) is 17.0 Å². The van der Waals surface area contributed by atoms with Crippen molar-refractivity contribution in [2.24, 2.45) is 4.99 Å². The third-order valence-electron chi connectivity index (χ3n) is 5.68. The van der Waals surface area contributed by atoms with Gasteiger partial charge in [-0.15, -0.1) is 11.3 Å². The topological polar surface area (TPSA) is 140 Å². The molecule has 10 heteroatoms. The Morgan fingerprint density at radius 2 is 1.85 bits per heavy atom. The minimum atomic E-state index is -1.49. The van der Waals surface area contributed by atoms with Crippen LogP contribution in [0.1, 0.15) is 5.56 Å². The molecule has 34 heavy (non-hydrogen) atoms. The first kappa shape index (κ1) is 22.7. The standard InChI is InChI=1S/C24H23N3O6S/c28-11-19-20(29)21(30)22(31)23(33-19)32-15-7-5-13(6-8-15)18-12-34-24(27-18)26-10-14-9-25-17-4-2-1-3-16(14)17/h1-10,12,19-23,25,28-31H,11H2/b26-10+/t19-,20-,21+,22-,23-/m1/s1. The third kappa shape index (κ3) is 4.47. The molecule has 1 aliphatic rings. The number of aliphatic hydroxyl groups excluding tert-OH is 4. The molecular weight excluding hydrogens is 458 g/mol. The van der Waals surface area contributed by atoms with Crippen LogP contribution in [0, 0.1) is 0 Å². The second kappa shape index (κ2) is 9.63. The highest BCUT2D eigenvalue weighted by Crippen LogP contribution is 2.30. The van der Waals surface area contributed by atoms with Crippen molar-refractivity contribution in [1.29, 1.82) is 0 Å². The van der Waals surface area contributed by atoms with Crippen LogP contribution in [-0.2, 0) is 4.74 Å². The molecular formula is C24H23N3O6S. The minimum absolute atomic E-state index is 0.390. The highest BCUT2D eigenvalue weighted by Gasteiger charge is 2.44. The van der Waals surface area contributed by atoms with E-state index in [1.165, 1.54) is 11.3 Å². The van der Waals surface area contributed by atoms with Gasteiger partial charge in [0.25, 0.3) is 0 Å². The van der Waals surface area contributed by atoms with E-state index in [-0.39, 0.29) is 0 Å². The number of fused-ring (bicyclic) bond motifs is 1. The van der Waals surface area contributed by atoms with Crippen molar-refractivity contribution in [3.05, 3.63) is 65.7 Å². The predicted octanol–water partition coefficient (Wildman–Crippen LogP) is 2.22. The Hall–Kier alpha value is -3.12. The fraction of sp³-hybridized carbons (Fsp3) is 0.250. The summed E-state index contributed by atoms with van der Waals surface area (Å²) in [6.07, 6.45) is -2.94. The lowest BCUT2D eigenvalue weighted by molar-refractivity contribution is -0.277. The summed E-state index contributed by atoms with van der Waals surface area (Å²) in [5.41, 5.74) is 3.65. The lowest BCUT2D eigenvalue weighted by Crippen LogP contribution is -2.60. The molecule has 5 atom stereocenters. The SMILES string of the molecule is OC[C@H]1O[C@@H](Oc2ccc(-c3csc(/N=C/c4c[nH]c5ccccc45)n3)cc2)[C@H](O)[C@@H](O)[C@@H]1O. The zero-order valence-corrected chi connectivity index (χ0v) is 18.7. The van der Waals surface area contributed by atoms with Crippen LogP contribution in [0.3, 0.4) is 0 Å². The molecule has 9 nitrogen and oxygen atoms in total. The van der Waals surface area contributed by atoms with Gasteiger partial charge in [0.15, 0.2) is 0 Å². The first-order chi connectivity index (χ1) is 16.5. The summed E-state index contributed by atoms with van der Waals surface area (Å²) in [7, 11) is 0. The number of aromatic nitrogens is 2. The summed E-state index contributed by atoms with van der Waals surface area (Å²) in [5, 5.41) is 42.8. The molecule has 0 bridgehead atoms. The number of aromatic amines is 1. The minimum Gasteiger partial charge on any atom is -0.462 e. The van der Waals surface area contributed by atoms with Crippen LogP contribution in [0.4, 0.5) is 5.13 Å². The van der Waals surface area contributed by atoms with Gasteiger partial charge in [-0.1, -0.05) is 18.2 Å². The van der Waals surface area contributed by atoms with Crippen LogP contribution in [0.5, 0.6) is 5.75 Å². The molecule has 1 fully saturated rings. The number of hydrogen-bond donors (Lipinski definition) is 5. The van der Waals surface area contributed by atoms with Crippen LogP contribution >= 0.6 is 11.3 Å². The average Bonchev–Trinajstić information content (AvgIpc) is 3.51. The zero-order valence-electron chi connectivity index (χ0n) is 17.9. The van der Waals surface area contributed by atoms with Gasteiger partial charge < -0.3 is 34.9 Å². The predicted molar refractivity (Wildman–Crippen MR) is 127 cm³/mol. The van der Waals surface area contributed by atoms with E-state index >= 15 is 0 Å². The van der Waals surface area contributed by atoms with E-state index in [4.69, 9.17) is 9.47 Å². The van der Waals surface area contributed by atoms with Crippen LogP contribution in [0.2, 0.25) is 0 Å². The molecule has 0 radical (unpaired) electrons. The van der Waals surface area contributed by atoms with E-state index in [1.807, 2.05) is 48.0 Å². The number of thiazole rings is 1. The molecule has 2 aromatic heterocycles. The summed E-state index contributed by atoms with van der Waals surface area (Å²) in [4.78, 5) is 12.3. The Kier molecular flexibility index (Phi) is 6.42.